The van der Waals surface area contributed by atoms with E-state index in [0.29, 0.717) is 0 Å². The maximum absolute atomic E-state index is 2.73. The molecule has 3 heterocycles. The lowest BCUT2D eigenvalue weighted by Gasteiger charge is -2.43. The minimum Gasteiger partial charge on any atom is -0.311 e. The molecule has 9 aromatic rings. The van der Waals surface area contributed by atoms with Crippen LogP contribution in [0.4, 0.5) is 34.1 Å². The Morgan fingerprint density at radius 2 is 0.962 bits per heavy atom. The molecule has 0 spiro atoms. The van der Waals surface area contributed by atoms with Crippen molar-refractivity contribution in [1.29, 1.82) is 0 Å². The maximum Gasteiger partial charge on any atom is 0.252 e. The van der Waals surface area contributed by atoms with Crippen molar-refractivity contribution < 1.29 is 0 Å². The van der Waals surface area contributed by atoms with Gasteiger partial charge in [0, 0.05) is 61.6 Å². The van der Waals surface area contributed by atoms with Gasteiger partial charge in [0.2, 0.25) is 0 Å². The first kappa shape index (κ1) is 52.7. The molecule has 0 atom stereocenters. The molecule has 1 aliphatic carbocycles. The normalized spacial score (nSPS) is 14.6. The van der Waals surface area contributed by atoms with Crippen LogP contribution in [0, 0.1) is 13.8 Å². The highest BCUT2D eigenvalue weighted by Gasteiger charge is 2.48. The second-order valence-corrected chi connectivity index (χ2v) is 29.3. The number of rotatable bonds is 5. The predicted molar refractivity (Wildman–Crippen MR) is 343 cm³/mol. The molecule has 3 aliphatic rings. The molecule has 8 aromatic carbocycles. The molecular formula is C75H82BN3. The molecule has 1 aromatic heterocycles. The first-order chi connectivity index (χ1) is 36.9. The van der Waals surface area contributed by atoms with Gasteiger partial charge in [-0.2, -0.15) is 0 Å². The molecule has 3 nitrogen and oxygen atoms in total. The van der Waals surface area contributed by atoms with Crippen LogP contribution in [0.2, 0.25) is 0 Å². The van der Waals surface area contributed by atoms with Crippen LogP contribution >= 0.6 is 0 Å². The van der Waals surface area contributed by atoms with Gasteiger partial charge in [-0.25, -0.2) is 0 Å². The van der Waals surface area contributed by atoms with Gasteiger partial charge in [-0.3, -0.25) is 0 Å². The largest absolute Gasteiger partial charge is 0.311 e. The van der Waals surface area contributed by atoms with Crippen LogP contribution in [-0.4, -0.2) is 11.3 Å². The summed E-state index contributed by atoms with van der Waals surface area (Å²) >= 11 is 0. The lowest BCUT2D eigenvalue weighted by Crippen LogP contribution is -2.60. The van der Waals surface area contributed by atoms with Crippen LogP contribution in [-0.2, 0) is 32.5 Å². The van der Waals surface area contributed by atoms with Crippen molar-refractivity contribution in [3.63, 3.8) is 0 Å². The summed E-state index contributed by atoms with van der Waals surface area (Å²) in [6.07, 6.45) is 0. The molecule has 0 unspecified atom stereocenters. The number of hydrogen-bond donors (Lipinski definition) is 0. The second kappa shape index (κ2) is 17.5. The number of aromatic nitrogens is 1. The summed E-state index contributed by atoms with van der Waals surface area (Å²) in [4.78, 5) is 5.25. The minimum absolute atomic E-state index is 0.0106. The maximum atomic E-state index is 2.73. The summed E-state index contributed by atoms with van der Waals surface area (Å²) < 4.78 is 2.73. The number of nitrogens with zero attached hydrogens (tertiary/aromatic N) is 3. The molecule has 0 saturated carbocycles. The van der Waals surface area contributed by atoms with E-state index in [1.807, 2.05) is 0 Å². The number of anilines is 6. The summed E-state index contributed by atoms with van der Waals surface area (Å²) in [5, 5.41) is 1.38. The van der Waals surface area contributed by atoms with Gasteiger partial charge in [-0.05, 0) is 168 Å². The Morgan fingerprint density at radius 1 is 0.430 bits per heavy atom. The predicted octanol–water partition coefficient (Wildman–Crippen LogP) is 18.8. The highest BCUT2D eigenvalue weighted by Crippen LogP contribution is 2.56. The van der Waals surface area contributed by atoms with E-state index in [9.17, 15) is 0 Å². The van der Waals surface area contributed by atoms with Crippen molar-refractivity contribution in [3.05, 3.63) is 202 Å². The lowest BCUT2D eigenvalue weighted by atomic mass is 9.33. The minimum atomic E-state index is -0.206. The van der Waals surface area contributed by atoms with E-state index in [2.05, 4.69) is 298 Å². The molecule has 400 valence electrons. The summed E-state index contributed by atoms with van der Waals surface area (Å²) in [5.41, 5.74) is 30.5. The molecule has 2 aliphatic heterocycles. The van der Waals surface area contributed by atoms with E-state index < -0.39 is 0 Å². The quantitative estimate of drug-likeness (QED) is 0.159. The van der Waals surface area contributed by atoms with Gasteiger partial charge in [0.25, 0.3) is 6.71 Å². The molecule has 0 amide bonds. The Bertz CT molecular complexity index is 3910. The van der Waals surface area contributed by atoms with Gasteiger partial charge in [-0.15, -0.1) is 0 Å². The first-order valence-corrected chi connectivity index (χ1v) is 29.1. The van der Waals surface area contributed by atoms with E-state index in [1.165, 1.54) is 134 Å². The van der Waals surface area contributed by atoms with Crippen molar-refractivity contribution in [2.75, 3.05) is 9.80 Å². The Kier molecular flexibility index (Phi) is 11.7. The van der Waals surface area contributed by atoms with Gasteiger partial charge in [0.1, 0.15) is 0 Å². The summed E-state index contributed by atoms with van der Waals surface area (Å²) in [6.45, 7) is 44.8. The zero-order valence-electron chi connectivity index (χ0n) is 50.9. The third kappa shape index (κ3) is 8.27. The van der Waals surface area contributed by atoms with Crippen molar-refractivity contribution in [1.82, 2.24) is 4.57 Å². The molecule has 12 rings (SSSR count). The molecule has 0 fully saturated rings. The average molecular weight is 1040 g/mol. The number of hydrogen-bond acceptors (Lipinski definition) is 2. The van der Waals surface area contributed by atoms with E-state index >= 15 is 0 Å². The average Bonchev–Trinajstić information content (AvgIpc) is 3.86. The van der Waals surface area contributed by atoms with Crippen molar-refractivity contribution >= 4 is 68.1 Å². The fourth-order valence-electron chi connectivity index (χ4n) is 13.5. The van der Waals surface area contributed by atoms with Crippen molar-refractivity contribution in [3.8, 4) is 28.1 Å². The fourth-order valence-corrected chi connectivity index (χ4v) is 13.5. The fraction of sp³-hybridized carbons (Fsp3) is 0.333. The highest BCUT2D eigenvalue weighted by atomic mass is 15.2. The Hall–Kier alpha value is -7.04. The number of fused-ring (bicyclic) bond motifs is 9. The van der Waals surface area contributed by atoms with E-state index in [0.717, 1.165) is 5.69 Å². The molecule has 0 bridgehead atoms. The van der Waals surface area contributed by atoms with Gasteiger partial charge in [0.15, 0.2) is 0 Å². The van der Waals surface area contributed by atoms with Crippen LogP contribution in [0.5, 0.6) is 0 Å². The highest BCUT2D eigenvalue weighted by molar-refractivity contribution is 7.00. The van der Waals surface area contributed by atoms with E-state index in [-0.39, 0.29) is 39.2 Å². The standard InChI is InChI=1S/C75H82BN3/c1-45-37-48(70(3,4)5)29-34-60(45)77(61-35-30-49(38-46(61)2)71(6,7)8)53-32-33-58-63(44-53)78(62-36-31-50(72(9,10)11)39-55(62)47-25-21-20-22-26-47)64-42-52(74(15,16)17)43-65-67(64)76(58)59-41-51(73(12,13)14)40-56-66-69(79(65)68(56)59)54-27-23-24-28-57(54)75(66,18)19/h20-44H,1-19H3. The molecule has 79 heavy (non-hydrogen) atoms. The Labute approximate surface area is 473 Å². The van der Waals surface area contributed by atoms with E-state index in [1.54, 1.807) is 0 Å². The van der Waals surface area contributed by atoms with Crippen LogP contribution in [0.15, 0.2) is 152 Å². The second-order valence-electron chi connectivity index (χ2n) is 29.3. The van der Waals surface area contributed by atoms with Crippen LogP contribution < -0.4 is 26.2 Å². The third-order valence-corrected chi connectivity index (χ3v) is 18.1. The smallest absolute Gasteiger partial charge is 0.252 e. The molecule has 0 N–H and O–H groups in total. The van der Waals surface area contributed by atoms with Crippen LogP contribution in [0.3, 0.4) is 0 Å². The van der Waals surface area contributed by atoms with E-state index in [4.69, 9.17) is 0 Å². The molecular weight excluding hydrogens is 954 g/mol. The van der Waals surface area contributed by atoms with Gasteiger partial charge in [-0.1, -0.05) is 215 Å². The third-order valence-electron chi connectivity index (χ3n) is 18.1. The topological polar surface area (TPSA) is 11.4 Å². The molecule has 0 radical (unpaired) electrons. The number of benzene rings is 8. The molecule has 4 heteroatoms. The van der Waals surface area contributed by atoms with Crippen LogP contribution in [0.1, 0.15) is 168 Å². The SMILES string of the molecule is Cc1cc(C(C)(C)C)ccc1N(c1ccc2c(c1)N(c1ccc(C(C)(C)C)cc1-c1ccccc1)c1cc(C(C)(C)C)cc3c1B2c1cc(C(C)(C)C)cc2c4c(n-3c12)-c1ccccc1C4(C)C)c1ccc(C(C)(C)C)cc1C. The lowest BCUT2D eigenvalue weighted by molar-refractivity contribution is 0.589. The molecule has 0 saturated heterocycles. The first-order valence-electron chi connectivity index (χ1n) is 29.1. The zero-order chi connectivity index (χ0) is 56.4. The summed E-state index contributed by atoms with van der Waals surface area (Å²) in [7, 11) is 0. The van der Waals surface area contributed by atoms with Gasteiger partial charge < -0.3 is 14.4 Å². The van der Waals surface area contributed by atoms with Crippen molar-refractivity contribution in [2.45, 2.75) is 164 Å². The Balaban J connectivity index is 1.25. The van der Waals surface area contributed by atoms with Crippen molar-refractivity contribution in [2.24, 2.45) is 0 Å². The number of aryl methyl sites for hydroxylation is 2. The Morgan fingerprint density at radius 3 is 1.54 bits per heavy atom. The summed E-state index contributed by atoms with van der Waals surface area (Å²) in [5.74, 6) is 0. The monoisotopic (exact) mass is 1040 g/mol. The van der Waals surface area contributed by atoms with Gasteiger partial charge in [0.05, 0.1) is 11.4 Å². The summed E-state index contributed by atoms with van der Waals surface area (Å²) in [6, 6.07) is 59.9. The zero-order valence-corrected chi connectivity index (χ0v) is 50.9. The van der Waals surface area contributed by atoms with Gasteiger partial charge >= 0.3 is 0 Å². The van der Waals surface area contributed by atoms with Crippen LogP contribution in [0.25, 0.3) is 39.0 Å².